The third-order valence-corrected chi connectivity index (χ3v) is 2.17. The SMILES string of the molecule is NCCO.O=S(=O)(O)c1ccccc1O. The van der Waals surface area contributed by atoms with Gasteiger partial charge in [0.05, 0.1) is 6.61 Å². The van der Waals surface area contributed by atoms with Crippen molar-refractivity contribution < 1.29 is 23.2 Å². The molecule has 0 saturated carbocycles. The molecule has 0 aliphatic rings. The molecule has 0 aliphatic carbocycles. The Kier molecular flexibility index (Phi) is 5.87. The first kappa shape index (κ1) is 13.8. The highest BCUT2D eigenvalue weighted by molar-refractivity contribution is 7.86. The smallest absolute Gasteiger partial charge is 0.298 e. The second-order valence-electron chi connectivity index (χ2n) is 2.46. The van der Waals surface area contributed by atoms with Crippen LogP contribution >= 0.6 is 0 Å². The van der Waals surface area contributed by atoms with Crippen LogP contribution in [-0.2, 0) is 10.1 Å². The van der Waals surface area contributed by atoms with Crippen molar-refractivity contribution in [2.75, 3.05) is 13.2 Å². The highest BCUT2D eigenvalue weighted by Crippen LogP contribution is 2.20. The van der Waals surface area contributed by atoms with Crippen LogP contribution in [0.5, 0.6) is 5.75 Å². The van der Waals surface area contributed by atoms with E-state index in [9.17, 15) is 8.42 Å². The highest BCUT2D eigenvalue weighted by atomic mass is 32.2. The minimum absolute atomic E-state index is 0.0972. The Hall–Kier alpha value is -1.15. The highest BCUT2D eigenvalue weighted by Gasteiger charge is 2.12. The lowest BCUT2D eigenvalue weighted by molar-refractivity contribution is 0.306. The summed E-state index contributed by atoms with van der Waals surface area (Å²) < 4.78 is 29.4. The van der Waals surface area contributed by atoms with Gasteiger partial charge in [0.25, 0.3) is 10.1 Å². The van der Waals surface area contributed by atoms with Crippen LogP contribution in [0.2, 0.25) is 0 Å². The normalized spacial score (nSPS) is 10.3. The average molecular weight is 235 g/mol. The maximum Gasteiger partial charge on any atom is 0.298 e. The molecule has 7 heteroatoms. The van der Waals surface area contributed by atoms with Crippen LogP contribution in [-0.4, -0.2) is 36.3 Å². The number of hydrogen-bond acceptors (Lipinski definition) is 5. The third-order valence-electron chi connectivity index (χ3n) is 1.27. The fraction of sp³-hybridized carbons (Fsp3) is 0.250. The van der Waals surface area contributed by atoms with E-state index in [1.165, 1.54) is 18.2 Å². The standard InChI is InChI=1S/C6H6O4S.C2H7NO/c7-5-3-1-2-4-6(5)11(8,9)10;3-1-2-4/h1-4,7H,(H,8,9,10);4H,1-3H2. The molecule has 0 bridgehead atoms. The number of phenols is 1. The lowest BCUT2D eigenvalue weighted by atomic mass is 10.3. The molecule has 0 radical (unpaired) electrons. The quantitative estimate of drug-likeness (QED) is 0.516. The maximum atomic E-state index is 10.4. The Morgan fingerprint density at radius 2 is 1.73 bits per heavy atom. The van der Waals surface area contributed by atoms with Gasteiger partial charge in [-0.3, -0.25) is 4.55 Å². The Labute approximate surface area is 87.7 Å². The summed E-state index contributed by atoms with van der Waals surface area (Å²) in [6.07, 6.45) is 0. The topological polar surface area (TPSA) is 121 Å². The second kappa shape index (κ2) is 6.36. The van der Waals surface area contributed by atoms with Crippen molar-refractivity contribution in [2.45, 2.75) is 4.90 Å². The average Bonchev–Trinajstić information content (AvgIpc) is 2.17. The van der Waals surface area contributed by atoms with Crippen molar-refractivity contribution in [3.8, 4) is 5.75 Å². The molecule has 0 amide bonds. The van der Waals surface area contributed by atoms with Crippen molar-refractivity contribution in [3.05, 3.63) is 24.3 Å². The van der Waals surface area contributed by atoms with E-state index in [4.69, 9.17) is 20.5 Å². The molecule has 0 heterocycles. The molecule has 1 aromatic rings. The van der Waals surface area contributed by atoms with Crippen molar-refractivity contribution >= 4 is 10.1 Å². The molecule has 0 spiro atoms. The number of aromatic hydroxyl groups is 1. The van der Waals surface area contributed by atoms with Gasteiger partial charge in [-0.05, 0) is 12.1 Å². The number of hydrogen-bond donors (Lipinski definition) is 4. The molecule has 1 rings (SSSR count). The van der Waals surface area contributed by atoms with Gasteiger partial charge >= 0.3 is 0 Å². The summed E-state index contributed by atoms with van der Waals surface area (Å²) in [7, 11) is -4.28. The number of nitrogens with two attached hydrogens (primary N) is 1. The van der Waals surface area contributed by atoms with Gasteiger partial charge in [0.15, 0.2) is 0 Å². The fourth-order valence-electron chi connectivity index (χ4n) is 0.675. The van der Waals surface area contributed by atoms with Gasteiger partial charge in [-0.15, -0.1) is 0 Å². The number of para-hydroxylation sites is 1. The number of benzene rings is 1. The molecular formula is C8H13NO5S. The van der Waals surface area contributed by atoms with Gasteiger partial charge in [-0.1, -0.05) is 12.1 Å². The summed E-state index contributed by atoms with van der Waals surface area (Å²) in [4.78, 5) is -0.472. The summed E-state index contributed by atoms with van der Waals surface area (Å²) in [5.74, 6) is -0.449. The van der Waals surface area contributed by atoms with E-state index in [-0.39, 0.29) is 6.61 Å². The van der Waals surface area contributed by atoms with E-state index in [0.717, 1.165) is 6.07 Å². The van der Waals surface area contributed by atoms with E-state index in [1.807, 2.05) is 0 Å². The van der Waals surface area contributed by atoms with Crippen LogP contribution in [0.15, 0.2) is 29.2 Å². The molecule has 0 fully saturated rings. The Bertz CT molecular complexity index is 388. The van der Waals surface area contributed by atoms with Crippen molar-refractivity contribution in [2.24, 2.45) is 5.73 Å². The minimum atomic E-state index is -4.28. The molecule has 0 atom stereocenters. The van der Waals surface area contributed by atoms with Gasteiger partial charge in [0.1, 0.15) is 10.6 Å². The van der Waals surface area contributed by atoms with Crippen molar-refractivity contribution in [1.82, 2.24) is 0 Å². The number of phenolic OH excluding ortho intramolecular Hbond substituents is 1. The first-order chi connectivity index (χ1) is 6.93. The first-order valence-electron chi connectivity index (χ1n) is 4.00. The Morgan fingerprint density at radius 1 is 1.27 bits per heavy atom. The molecule has 0 aromatic heterocycles. The Balaban J connectivity index is 0.000000423. The molecule has 15 heavy (non-hydrogen) atoms. The summed E-state index contributed by atoms with van der Waals surface area (Å²) in [6.45, 7) is 0.472. The summed E-state index contributed by atoms with van der Waals surface area (Å²) in [5, 5.41) is 16.7. The van der Waals surface area contributed by atoms with E-state index in [0.29, 0.717) is 6.54 Å². The van der Waals surface area contributed by atoms with Crippen LogP contribution in [0.1, 0.15) is 0 Å². The van der Waals surface area contributed by atoms with Crippen LogP contribution in [0.25, 0.3) is 0 Å². The van der Waals surface area contributed by atoms with Crippen LogP contribution in [0.3, 0.4) is 0 Å². The number of aliphatic hydroxyl groups is 1. The van der Waals surface area contributed by atoms with E-state index < -0.39 is 20.8 Å². The van der Waals surface area contributed by atoms with Crippen LogP contribution in [0, 0.1) is 0 Å². The summed E-state index contributed by atoms with van der Waals surface area (Å²) >= 11 is 0. The summed E-state index contributed by atoms with van der Waals surface area (Å²) in [6, 6.07) is 5.17. The number of rotatable bonds is 2. The number of aliphatic hydroxyl groups excluding tert-OH is 1. The zero-order valence-corrected chi connectivity index (χ0v) is 8.68. The molecule has 1 aromatic carbocycles. The molecule has 86 valence electrons. The van der Waals surface area contributed by atoms with Gasteiger partial charge < -0.3 is 15.9 Å². The van der Waals surface area contributed by atoms with Crippen LogP contribution < -0.4 is 5.73 Å². The Morgan fingerprint density at radius 3 is 2.00 bits per heavy atom. The second-order valence-corrected chi connectivity index (χ2v) is 3.85. The monoisotopic (exact) mass is 235 g/mol. The zero-order valence-electron chi connectivity index (χ0n) is 7.87. The largest absolute Gasteiger partial charge is 0.506 e. The van der Waals surface area contributed by atoms with Gasteiger partial charge in [0.2, 0.25) is 0 Å². The molecule has 0 saturated heterocycles. The molecule has 0 unspecified atom stereocenters. The van der Waals surface area contributed by atoms with Gasteiger partial charge in [-0.2, -0.15) is 8.42 Å². The third kappa shape index (κ3) is 5.33. The van der Waals surface area contributed by atoms with Gasteiger partial charge in [0, 0.05) is 6.54 Å². The first-order valence-corrected chi connectivity index (χ1v) is 5.44. The maximum absolute atomic E-state index is 10.4. The summed E-state index contributed by atoms with van der Waals surface area (Å²) in [5.41, 5.74) is 4.78. The van der Waals surface area contributed by atoms with E-state index >= 15 is 0 Å². The van der Waals surface area contributed by atoms with Crippen molar-refractivity contribution in [3.63, 3.8) is 0 Å². The van der Waals surface area contributed by atoms with E-state index in [2.05, 4.69) is 0 Å². The predicted octanol–water partition coefficient (Wildman–Crippen LogP) is -0.424. The molecule has 0 aliphatic heterocycles. The zero-order chi connectivity index (χ0) is 11.9. The lowest BCUT2D eigenvalue weighted by Gasteiger charge is -1.97. The molecular weight excluding hydrogens is 222 g/mol. The molecule has 6 nitrogen and oxygen atoms in total. The predicted molar refractivity (Wildman–Crippen MR) is 54.1 cm³/mol. The van der Waals surface area contributed by atoms with Crippen LogP contribution in [0.4, 0.5) is 0 Å². The molecule has 5 N–H and O–H groups in total. The van der Waals surface area contributed by atoms with Crippen molar-refractivity contribution in [1.29, 1.82) is 0 Å². The van der Waals surface area contributed by atoms with E-state index in [1.54, 1.807) is 0 Å². The lowest BCUT2D eigenvalue weighted by Crippen LogP contribution is -2.02. The minimum Gasteiger partial charge on any atom is -0.506 e. The van der Waals surface area contributed by atoms with Gasteiger partial charge in [-0.25, -0.2) is 0 Å². The fourth-order valence-corrected chi connectivity index (χ4v) is 1.26.